The summed E-state index contributed by atoms with van der Waals surface area (Å²) in [5.74, 6) is -0.435. The van der Waals surface area contributed by atoms with E-state index in [9.17, 15) is 12.8 Å². The van der Waals surface area contributed by atoms with E-state index in [-0.39, 0.29) is 10.7 Å². The zero-order chi connectivity index (χ0) is 14.0. The van der Waals surface area contributed by atoms with Gasteiger partial charge in [-0.3, -0.25) is 4.55 Å². The molecule has 2 rings (SSSR count). The quantitative estimate of drug-likeness (QED) is 0.660. The summed E-state index contributed by atoms with van der Waals surface area (Å²) in [5, 5.41) is 2.80. The van der Waals surface area contributed by atoms with Crippen LogP contribution in [0.3, 0.4) is 0 Å². The number of nitrogens with zero attached hydrogens (tertiary/aromatic N) is 2. The van der Waals surface area contributed by atoms with Crippen molar-refractivity contribution in [1.82, 2.24) is 9.97 Å². The van der Waals surface area contributed by atoms with Gasteiger partial charge in [0, 0.05) is 11.8 Å². The Hall–Kier alpha value is -2.06. The lowest BCUT2D eigenvalue weighted by Crippen LogP contribution is -2.02. The van der Waals surface area contributed by atoms with Crippen LogP contribution in [0, 0.1) is 12.9 Å². The third-order valence-corrected chi connectivity index (χ3v) is 3.37. The van der Waals surface area contributed by atoms with Crippen molar-refractivity contribution in [2.75, 3.05) is 5.32 Å². The Morgan fingerprint density at radius 3 is 2.58 bits per heavy atom. The Kier molecular flexibility index (Phi) is 3.45. The molecule has 2 aromatic rings. The molecule has 0 fully saturated rings. The molecule has 0 atom stereocenters. The predicted octanol–water partition coefficient (Wildman–Crippen LogP) is 1.91. The molecule has 6 nitrogen and oxygen atoms in total. The molecule has 2 N–H and O–H groups in total. The summed E-state index contributed by atoms with van der Waals surface area (Å²) in [4.78, 5) is 6.95. The fourth-order valence-corrected chi connectivity index (χ4v) is 2.27. The van der Waals surface area contributed by atoms with Crippen molar-refractivity contribution in [2.45, 2.75) is 11.8 Å². The fraction of sp³-hybridized carbons (Fsp3) is 0.0909. The maximum absolute atomic E-state index is 12.9. The minimum atomic E-state index is -4.24. The number of halogens is 1. The minimum absolute atomic E-state index is 0.174. The van der Waals surface area contributed by atoms with Crippen LogP contribution in [-0.4, -0.2) is 22.9 Å². The molecule has 1 aromatic carbocycles. The summed E-state index contributed by atoms with van der Waals surface area (Å²) in [5.41, 5.74) is 0.880. The molecule has 100 valence electrons. The molecule has 0 unspecified atom stereocenters. The number of hydrogen-bond donors (Lipinski definition) is 2. The van der Waals surface area contributed by atoms with E-state index < -0.39 is 16.1 Å². The highest BCUT2D eigenvalue weighted by Crippen LogP contribution is 2.21. The lowest BCUT2D eigenvalue weighted by molar-refractivity contribution is 0.482. The molecule has 0 saturated heterocycles. The van der Waals surface area contributed by atoms with Gasteiger partial charge < -0.3 is 5.32 Å². The van der Waals surface area contributed by atoms with Gasteiger partial charge in [-0.1, -0.05) is 0 Å². The van der Waals surface area contributed by atoms with Gasteiger partial charge in [0.25, 0.3) is 10.1 Å². The molecule has 0 aliphatic rings. The number of aromatic nitrogens is 2. The van der Waals surface area contributed by atoms with E-state index in [0.29, 0.717) is 11.3 Å². The second kappa shape index (κ2) is 4.90. The fourth-order valence-electron chi connectivity index (χ4n) is 1.57. The normalized spacial score (nSPS) is 11.3. The van der Waals surface area contributed by atoms with Gasteiger partial charge in [0.1, 0.15) is 12.1 Å². The van der Waals surface area contributed by atoms with Crippen LogP contribution in [0.2, 0.25) is 0 Å². The number of hydrogen-bond acceptors (Lipinski definition) is 5. The van der Waals surface area contributed by atoms with E-state index in [1.807, 2.05) is 0 Å². The van der Waals surface area contributed by atoms with Crippen LogP contribution in [0.25, 0.3) is 0 Å². The topological polar surface area (TPSA) is 92.2 Å². The summed E-state index contributed by atoms with van der Waals surface area (Å²) in [7, 11) is -4.24. The van der Waals surface area contributed by atoms with Gasteiger partial charge in [-0.25, -0.2) is 9.97 Å². The second-order valence-corrected chi connectivity index (χ2v) is 5.20. The highest BCUT2D eigenvalue weighted by molar-refractivity contribution is 7.85. The van der Waals surface area contributed by atoms with Crippen LogP contribution >= 0.6 is 0 Å². The minimum Gasteiger partial charge on any atom is -0.340 e. The standard InChI is InChI=1S/C11H10FN3O3S/c1-7-4-8(2-3-9(7)19(16,17)18)15-11-5-10(12)13-6-14-11/h2-6H,1H3,(H,13,14,15)(H,16,17,18). The molecule has 0 spiro atoms. The Labute approximate surface area is 109 Å². The Balaban J connectivity index is 2.31. The van der Waals surface area contributed by atoms with E-state index in [1.165, 1.54) is 25.1 Å². The molecule has 0 amide bonds. The zero-order valence-corrected chi connectivity index (χ0v) is 10.6. The summed E-state index contributed by atoms with van der Waals surface area (Å²) < 4.78 is 43.9. The van der Waals surface area contributed by atoms with Crippen molar-refractivity contribution in [3.8, 4) is 0 Å². The van der Waals surface area contributed by atoms with Crippen LogP contribution in [-0.2, 0) is 10.1 Å². The van der Waals surface area contributed by atoms with Crippen LogP contribution in [0.15, 0.2) is 35.5 Å². The van der Waals surface area contributed by atoms with E-state index in [1.54, 1.807) is 0 Å². The van der Waals surface area contributed by atoms with Crippen molar-refractivity contribution in [2.24, 2.45) is 0 Å². The second-order valence-electron chi connectivity index (χ2n) is 3.81. The van der Waals surface area contributed by atoms with Crippen molar-refractivity contribution >= 4 is 21.6 Å². The van der Waals surface area contributed by atoms with Crippen molar-refractivity contribution in [1.29, 1.82) is 0 Å². The molecule has 0 aliphatic heterocycles. The van der Waals surface area contributed by atoms with Gasteiger partial charge in [-0.15, -0.1) is 0 Å². The molecule has 1 heterocycles. The van der Waals surface area contributed by atoms with E-state index in [4.69, 9.17) is 4.55 Å². The molecule has 0 bridgehead atoms. The molecule has 0 saturated carbocycles. The van der Waals surface area contributed by atoms with Gasteiger partial charge in [-0.05, 0) is 30.7 Å². The number of benzene rings is 1. The summed E-state index contributed by atoms with van der Waals surface area (Å²) in [6.45, 7) is 1.54. The molecule has 1 aromatic heterocycles. The Bertz CT molecular complexity index is 719. The van der Waals surface area contributed by atoms with Crippen molar-refractivity contribution in [3.63, 3.8) is 0 Å². The van der Waals surface area contributed by atoms with E-state index in [0.717, 1.165) is 12.4 Å². The highest BCUT2D eigenvalue weighted by Gasteiger charge is 2.13. The molecule has 19 heavy (non-hydrogen) atoms. The lowest BCUT2D eigenvalue weighted by atomic mass is 10.2. The highest BCUT2D eigenvalue weighted by atomic mass is 32.2. The maximum atomic E-state index is 12.9. The average molecular weight is 283 g/mol. The van der Waals surface area contributed by atoms with Gasteiger partial charge >= 0.3 is 0 Å². The molecular formula is C11H10FN3O3S. The molecule has 8 heteroatoms. The first-order chi connectivity index (χ1) is 8.86. The first-order valence-electron chi connectivity index (χ1n) is 5.19. The first-order valence-corrected chi connectivity index (χ1v) is 6.63. The third kappa shape index (κ3) is 3.24. The zero-order valence-electron chi connectivity index (χ0n) is 9.83. The maximum Gasteiger partial charge on any atom is 0.294 e. The molecule has 0 aliphatic carbocycles. The summed E-state index contributed by atoms with van der Waals surface area (Å²) in [6.07, 6.45) is 1.07. The Morgan fingerprint density at radius 1 is 1.26 bits per heavy atom. The Morgan fingerprint density at radius 2 is 2.00 bits per heavy atom. The van der Waals surface area contributed by atoms with Crippen LogP contribution in [0.1, 0.15) is 5.56 Å². The van der Waals surface area contributed by atoms with Gasteiger partial charge in [0.05, 0.1) is 4.90 Å². The first kappa shape index (κ1) is 13.4. The molecular weight excluding hydrogens is 273 g/mol. The van der Waals surface area contributed by atoms with Gasteiger partial charge in [-0.2, -0.15) is 12.8 Å². The van der Waals surface area contributed by atoms with E-state index >= 15 is 0 Å². The van der Waals surface area contributed by atoms with Crippen LogP contribution < -0.4 is 5.32 Å². The number of anilines is 2. The van der Waals surface area contributed by atoms with Crippen molar-refractivity contribution in [3.05, 3.63) is 42.1 Å². The van der Waals surface area contributed by atoms with E-state index in [2.05, 4.69) is 15.3 Å². The SMILES string of the molecule is Cc1cc(Nc2cc(F)ncn2)ccc1S(=O)(=O)O. The van der Waals surface area contributed by atoms with Crippen molar-refractivity contribution < 1.29 is 17.4 Å². The number of nitrogens with one attached hydrogen (secondary N) is 1. The summed E-state index contributed by atoms with van der Waals surface area (Å²) in [6, 6.07) is 5.30. The third-order valence-electron chi connectivity index (χ3n) is 2.36. The average Bonchev–Trinajstić information content (AvgIpc) is 2.27. The predicted molar refractivity (Wildman–Crippen MR) is 66.3 cm³/mol. The van der Waals surface area contributed by atoms with Gasteiger partial charge in [0.2, 0.25) is 5.95 Å². The summed E-state index contributed by atoms with van der Waals surface area (Å²) >= 11 is 0. The van der Waals surface area contributed by atoms with Gasteiger partial charge in [0.15, 0.2) is 0 Å². The molecule has 0 radical (unpaired) electrons. The smallest absolute Gasteiger partial charge is 0.294 e. The number of rotatable bonds is 3. The monoisotopic (exact) mass is 283 g/mol. The van der Waals surface area contributed by atoms with Crippen LogP contribution in [0.5, 0.6) is 0 Å². The van der Waals surface area contributed by atoms with Crippen LogP contribution in [0.4, 0.5) is 15.9 Å². The number of aryl methyl sites for hydroxylation is 1. The largest absolute Gasteiger partial charge is 0.340 e. The lowest BCUT2D eigenvalue weighted by Gasteiger charge is -2.08.